The van der Waals surface area contributed by atoms with Crippen molar-refractivity contribution < 1.29 is 18.4 Å². The lowest BCUT2D eigenvalue weighted by molar-refractivity contribution is 0.0973. The predicted molar refractivity (Wildman–Crippen MR) is 113 cm³/mol. The largest absolute Gasteiger partial charge is 0.338 e. The van der Waals surface area contributed by atoms with Crippen molar-refractivity contribution in [2.75, 3.05) is 13.2 Å². The van der Waals surface area contributed by atoms with E-state index in [1.165, 1.54) is 0 Å². The van der Waals surface area contributed by atoms with E-state index >= 15 is 0 Å². The molecule has 0 bridgehead atoms. The summed E-state index contributed by atoms with van der Waals surface area (Å²) in [5.74, 6) is -0.0850. The molecule has 0 saturated carbocycles. The molecule has 0 aromatic heterocycles. The van der Waals surface area contributed by atoms with E-state index in [4.69, 9.17) is 9.05 Å². The summed E-state index contributed by atoms with van der Waals surface area (Å²) in [4.78, 5) is 13.0. The minimum Gasteiger partial charge on any atom is -0.308 e. The molecule has 0 aliphatic rings. The Bertz CT molecular complexity index is 969. The molecule has 0 N–H and O–H groups in total. The molecule has 0 heterocycles. The number of carbonyl (C=O) groups excluding carboxylic acids is 1. The lowest BCUT2D eigenvalue weighted by Crippen LogP contribution is -2.12. The fourth-order valence-corrected chi connectivity index (χ4v) is 5.54. The second-order valence-electron chi connectivity index (χ2n) is 6.45. The van der Waals surface area contributed by atoms with Crippen molar-refractivity contribution in [3.05, 3.63) is 83.9 Å². The predicted octanol–water partition coefficient (Wildman–Crippen LogP) is 6.42. The maximum Gasteiger partial charge on any atom is 0.338 e. The van der Waals surface area contributed by atoms with Crippen molar-refractivity contribution in [3.63, 3.8) is 0 Å². The standard InChI is InChI=1S/C23H25O4P/c1-3-26-28(25,27-4-2)23(17-22(24)19-12-6-5-7-13-19)21-16-10-14-18-11-8-9-15-20(18)21/h5-16,23H,3-4,17H2,1-2H3/t23-/m0/s1. The molecule has 0 radical (unpaired) electrons. The summed E-state index contributed by atoms with van der Waals surface area (Å²) >= 11 is 0. The van der Waals surface area contributed by atoms with Crippen LogP contribution in [0.5, 0.6) is 0 Å². The van der Waals surface area contributed by atoms with Gasteiger partial charge in [0, 0.05) is 12.0 Å². The van der Waals surface area contributed by atoms with Gasteiger partial charge in [-0.15, -0.1) is 0 Å². The normalized spacial score (nSPS) is 12.8. The third kappa shape index (κ3) is 4.41. The first-order valence-corrected chi connectivity index (χ1v) is 11.1. The average Bonchev–Trinajstić information content (AvgIpc) is 2.72. The Balaban J connectivity index is 2.11. The molecule has 0 aliphatic heterocycles. The lowest BCUT2D eigenvalue weighted by Gasteiger charge is -2.27. The second-order valence-corrected chi connectivity index (χ2v) is 8.67. The molecule has 3 aromatic rings. The van der Waals surface area contributed by atoms with Crippen LogP contribution in [0.1, 0.15) is 41.8 Å². The van der Waals surface area contributed by atoms with Gasteiger partial charge in [-0.1, -0.05) is 72.8 Å². The van der Waals surface area contributed by atoms with E-state index < -0.39 is 13.3 Å². The van der Waals surface area contributed by atoms with E-state index in [1.54, 1.807) is 26.0 Å². The van der Waals surface area contributed by atoms with Crippen LogP contribution in [0.2, 0.25) is 0 Å². The van der Waals surface area contributed by atoms with Crippen LogP contribution in [-0.4, -0.2) is 19.0 Å². The fourth-order valence-electron chi connectivity index (χ4n) is 3.43. The number of rotatable bonds is 9. The molecule has 3 aromatic carbocycles. The summed E-state index contributed by atoms with van der Waals surface area (Å²) in [6.07, 6.45) is 0.0509. The SMILES string of the molecule is CCOP(=O)(OCC)[C@@H](CC(=O)c1ccccc1)c1cccc2ccccc12. The Kier molecular flexibility index (Phi) is 6.79. The Labute approximate surface area is 166 Å². The van der Waals surface area contributed by atoms with Crippen molar-refractivity contribution in [1.82, 2.24) is 0 Å². The Morgan fingerprint density at radius 2 is 1.46 bits per heavy atom. The van der Waals surface area contributed by atoms with Gasteiger partial charge in [0.25, 0.3) is 0 Å². The molecule has 146 valence electrons. The number of carbonyl (C=O) groups is 1. The summed E-state index contributed by atoms with van der Waals surface area (Å²) in [6.45, 7) is 4.06. The van der Waals surface area contributed by atoms with Crippen molar-refractivity contribution >= 4 is 24.2 Å². The maximum absolute atomic E-state index is 13.7. The van der Waals surface area contributed by atoms with Crippen LogP contribution in [0.15, 0.2) is 72.8 Å². The van der Waals surface area contributed by atoms with Gasteiger partial charge >= 0.3 is 7.60 Å². The van der Waals surface area contributed by atoms with Gasteiger partial charge in [0.1, 0.15) is 0 Å². The molecule has 5 heteroatoms. The maximum atomic E-state index is 13.7. The van der Waals surface area contributed by atoms with Gasteiger partial charge in [-0.3, -0.25) is 9.36 Å². The van der Waals surface area contributed by atoms with Crippen molar-refractivity contribution in [1.29, 1.82) is 0 Å². The molecule has 28 heavy (non-hydrogen) atoms. The molecule has 1 atom stereocenters. The Morgan fingerprint density at radius 3 is 2.14 bits per heavy atom. The van der Waals surface area contributed by atoms with Gasteiger partial charge in [0.2, 0.25) is 0 Å². The molecule has 0 saturated heterocycles. The van der Waals surface area contributed by atoms with Gasteiger partial charge < -0.3 is 9.05 Å². The quantitative estimate of drug-likeness (QED) is 0.309. The van der Waals surface area contributed by atoms with Crippen molar-refractivity contribution in [3.8, 4) is 0 Å². The van der Waals surface area contributed by atoms with Crippen molar-refractivity contribution in [2.24, 2.45) is 0 Å². The molecular formula is C23H25O4P. The number of hydrogen-bond donors (Lipinski definition) is 0. The Morgan fingerprint density at radius 1 is 0.857 bits per heavy atom. The smallest absolute Gasteiger partial charge is 0.308 e. The monoisotopic (exact) mass is 396 g/mol. The van der Waals surface area contributed by atoms with Crippen LogP contribution >= 0.6 is 7.60 Å². The molecular weight excluding hydrogens is 371 g/mol. The minimum atomic E-state index is -3.55. The first-order chi connectivity index (χ1) is 13.6. The molecule has 0 fully saturated rings. The number of fused-ring (bicyclic) bond motifs is 1. The highest BCUT2D eigenvalue weighted by atomic mass is 31.2. The van der Waals surface area contributed by atoms with Gasteiger partial charge in [-0.2, -0.15) is 0 Å². The fraction of sp³-hybridized carbons (Fsp3) is 0.261. The highest BCUT2D eigenvalue weighted by Crippen LogP contribution is 2.63. The summed E-state index contributed by atoms with van der Waals surface area (Å²) < 4.78 is 25.0. The zero-order valence-corrected chi connectivity index (χ0v) is 17.1. The van der Waals surface area contributed by atoms with E-state index in [-0.39, 0.29) is 25.4 Å². The van der Waals surface area contributed by atoms with E-state index in [1.807, 2.05) is 60.7 Å². The number of ketones is 1. The molecule has 0 aliphatic carbocycles. The minimum absolute atomic E-state index is 0.0509. The van der Waals surface area contributed by atoms with Gasteiger partial charge in [0.15, 0.2) is 5.78 Å². The van der Waals surface area contributed by atoms with E-state index in [0.717, 1.165) is 16.3 Å². The molecule has 4 nitrogen and oxygen atoms in total. The van der Waals surface area contributed by atoms with Gasteiger partial charge in [0.05, 0.1) is 18.9 Å². The van der Waals surface area contributed by atoms with Crippen LogP contribution in [0.4, 0.5) is 0 Å². The zero-order valence-electron chi connectivity index (χ0n) is 16.2. The number of Topliss-reactive ketones (excluding diaryl/α,β-unsaturated/α-hetero) is 1. The second kappa shape index (κ2) is 9.29. The van der Waals surface area contributed by atoms with E-state index in [9.17, 15) is 9.36 Å². The van der Waals surface area contributed by atoms with Gasteiger partial charge in [-0.25, -0.2) is 0 Å². The third-order valence-corrected chi connectivity index (χ3v) is 7.12. The van der Waals surface area contributed by atoms with E-state index in [0.29, 0.717) is 5.56 Å². The number of benzene rings is 3. The van der Waals surface area contributed by atoms with E-state index in [2.05, 4.69) is 0 Å². The summed E-state index contributed by atoms with van der Waals surface area (Å²) in [6, 6.07) is 22.8. The van der Waals surface area contributed by atoms with Crippen molar-refractivity contribution in [2.45, 2.75) is 25.9 Å². The van der Waals surface area contributed by atoms with Crippen LogP contribution in [0, 0.1) is 0 Å². The van der Waals surface area contributed by atoms with Crippen LogP contribution in [0.25, 0.3) is 10.8 Å². The first-order valence-electron chi connectivity index (χ1n) is 9.53. The topological polar surface area (TPSA) is 52.6 Å². The van der Waals surface area contributed by atoms with Crippen LogP contribution < -0.4 is 0 Å². The summed E-state index contributed by atoms with van der Waals surface area (Å²) in [7, 11) is -3.55. The van der Waals surface area contributed by atoms with Crippen LogP contribution in [0.3, 0.4) is 0 Å². The lowest BCUT2D eigenvalue weighted by atomic mass is 9.97. The highest BCUT2D eigenvalue weighted by molar-refractivity contribution is 7.54. The Hall–Kier alpha value is -2.26. The summed E-state index contributed by atoms with van der Waals surface area (Å²) in [5, 5.41) is 1.98. The average molecular weight is 396 g/mol. The highest BCUT2D eigenvalue weighted by Gasteiger charge is 2.39. The van der Waals surface area contributed by atoms with Crippen LogP contribution in [-0.2, 0) is 13.6 Å². The third-order valence-electron chi connectivity index (χ3n) is 4.66. The molecule has 0 spiro atoms. The van der Waals surface area contributed by atoms with Gasteiger partial charge in [-0.05, 0) is 30.2 Å². The summed E-state index contributed by atoms with van der Waals surface area (Å²) in [5.41, 5.74) is 0.728. The molecule has 0 unspecified atom stereocenters. The molecule has 0 amide bonds. The number of hydrogen-bond acceptors (Lipinski definition) is 4. The molecule has 3 rings (SSSR count). The first kappa shape index (κ1) is 20.5. The zero-order chi connectivity index (χ0) is 20.0.